The summed E-state index contributed by atoms with van der Waals surface area (Å²) in [6, 6.07) is 0.341. The van der Waals surface area contributed by atoms with E-state index in [4.69, 9.17) is 21.7 Å². The van der Waals surface area contributed by atoms with Crippen molar-refractivity contribution in [3.05, 3.63) is 29.2 Å². The molecule has 1 aliphatic rings. The molecule has 0 fully saturated rings. The van der Waals surface area contributed by atoms with Gasteiger partial charge in [0.25, 0.3) is 10.0 Å². The molecule has 12 heteroatoms. The van der Waals surface area contributed by atoms with Crippen LogP contribution in [0.1, 0.15) is 0 Å². The summed E-state index contributed by atoms with van der Waals surface area (Å²) >= 11 is 8.30. The molecule has 1 atom stereocenters. The first-order chi connectivity index (χ1) is 11.8. The van der Waals surface area contributed by atoms with Crippen molar-refractivity contribution in [3.63, 3.8) is 0 Å². The Morgan fingerprint density at radius 2 is 1.88 bits per heavy atom. The minimum atomic E-state index is -4.16. The third-order valence-corrected chi connectivity index (χ3v) is 5.92. The van der Waals surface area contributed by atoms with Crippen LogP contribution in [0.2, 0.25) is 0 Å². The molecule has 2 rings (SSSR count). The predicted molar refractivity (Wildman–Crippen MR) is 98.7 cm³/mol. The molecule has 25 heavy (non-hydrogen) atoms. The number of halogens is 1. The second-order valence-corrected chi connectivity index (χ2v) is 7.59. The van der Waals surface area contributed by atoms with E-state index < -0.39 is 20.9 Å². The van der Waals surface area contributed by atoms with Crippen molar-refractivity contribution in [2.24, 2.45) is 0 Å². The lowest BCUT2D eigenvalue weighted by molar-refractivity contribution is 0.256. The highest BCUT2D eigenvalue weighted by Gasteiger charge is 2.28. The summed E-state index contributed by atoms with van der Waals surface area (Å²) in [6.45, 7) is 0. The molecule has 134 valence electrons. The highest BCUT2D eigenvalue weighted by Crippen LogP contribution is 2.21. The minimum Gasteiger partial charge on any atom is -0.481 e. The van der Waals surface area contributed by atoms with Crippen molar-refractivity contribution >= 4 is 55.0 Å². The van der Waals surface area contributed by atoms with Crippen LogP contribution in [-0.4, -0.2) is 48.3 Å². The molecular formula is C13H13BrN4O5S2. The maximum absolute atomic E-state index is 12.3. The van der Waals surface area contributed by atoms with E-state index in [1.807, 2.05) is 4.72 Å². The van der Waals surface area contributed by atoms with Crippen molar-refractivity contribution in [1.82, 2.24) is 14.7 Å². The van der Waals surface area contributed by atoms with Crippen LogP contribution in [0.15, 0.2) is 29.2 Å². The molecule has 1 aliphatic carbocycles. The molecule has 0 aliphatic heterocycles. The topological polar surface area (TPSA) is 120 Å². The molecule has 0 bridgehead atoms. The van der Waals surface area contributed by atoms with Crippen LogP contribution in [0.3, 0.4) is 0 Å². The molecule has 1 aromatic heterocycles. The molecule has 0 aromatic carbocycles. The summed E-state index contributed by atoms with van der Waals surface area (Å²) in [5.74, 6) is 0.0734. The van der Waals surface area contributed by atoms with E-state index in [0.29, 0.717) is 0 Å². The van der Waals surface area contributed by atoms with Crippen molar-refractivity contribution in [1.29, 1.82) is 0 Å². The lowest BCUT2D eigenvalue weighted by Crippen LogP contribution is -2.38. The van der Waals surface area contributed by atoms with Crippen molar-refractivity contribution in [2.45, 2.75) is 4.83 Å². The SMILES string of the molecule is COc1cc(OC)nc(NC(=O)NS(=O)(=O)C2=CC=CC(Br)C2=S)n1. The molecule has 9 nitrogen and oxygen atoms in total. The van der Waals surface area contributed by atoms with Crippen LogP contribution in [0.5, 0.6) is 11.8 Å². The molecule has 1 heterocycles. The molecule has 2 N–H and O–H groups in total. The third kappa shape index (κ3) is 4.74. The number of hydrogen-bond acceptors (Lipinski definition) is 8. The minimum absolute atomic E-state index is 0.133. The Morgan fingerprint density at radius 1 is 1.28 bits per heavy atom. The van der Waals surface area contributed by atoms with E-state index in [9.17, 15) is 13.2 Å². The first-order valence-electron chi connectivity index (χ1n) is 6.64. The van der Waals surface area contributed by atoms with Crippen molar-refractivity contribution < 1.29 is 22.7 Å². The van der Waals surface area contributed by atoms with Gasteiger partial charge >= 0.3 is 6.03 Å². The highest BCUT2D eigenvalue weighted by atomic mass is 79.9. The number of ether oxygens (including phenoxy) is 2. The second-order valence-electron chi connectivity index (χ2n) is 4.52. The molecule has 0 radical (unpaired) electrons. The number of methoxy groups -OCH3 is 2. The summed E-state index contributed by atoms with van der Waals surface area (Å²) < 4.78 is 36.4. The Labute approximate surface area is 157 Å². The zero-order valence-electron chi connectivity index (χ0n) is 13.0. The third-order valence-electron chi connectivity index (χ3n) is 2.86. The Morgan fingerprint density at radius 3 is 2.44 bits per heavy atom. The number of rotatable bonds is 5. The van der Waals surface area contributed by atoms with E-state index in [2.05, 4.69) is 31.2 Å². The standard InChI is InChI=1S/C13H13BrN4O5S2/c1-22-9-6-10(23-2)16-12(15-9)17-13(19)18-25(20,21)8-5-3-4-7(14)11(8)24/h3-7H,1-2H3,(H2,15,16,17,18,19). The Hall–Kier alpha value is -2.05. The van der Waals surface area contributed by atoms with Gasteiger partial charge in [0.2, 0.25) is 17.7 Å². The zero-order valence-corrected chi connectivity index (χ0v) is 16.2. The molecular weight excluding hydrogens is 436 g/mol. The number of aromatic nitrogens is 2. The fourth-order valence-electron chi connectivity index (χ4n) is 1.74. The van der Waals surface area contributed by atoms with Gasteiger partial charge in [-0.2, -0.15) is 9.97 Å². The number of nitrogens with one attached hydrogen (secondary N) is 2. The smallest absolute Gasteiger partial charge is 0.335 e. The lowest BCUT2D eigenvalue weighted by Gasteiger charge is -2.16. The van der Waals surface area contributed by atoms with Crippen LogP contribution in [-0.2, 0) is 10.0 Å². The fraction of sp³-hybridized carbons (Fsp3) is 0.231. The number of allylic oxidation sites excluding steroid dienone is 4. The molecule has 1 unspecified atom stereocenters. The second kappa shape index (κ2) is 7.89. The average Bonchev–Trinajstić information content (AvgIpc) is 2.56. The van der Waals surface area contributed by atoms with Crippen molar-refractivity contribution in [2.75, 3.05) is 19.5 Å². The monoisotopic (exact) mass is 448 g/mol. The van der Waals surface area contributed by atoms with Crippen LogP contribution in [0, 0.1) is 0 Å². The van der Waals surface area contributed by atoms with Gasteiger partial charge in [-0.1, -0.05) is 40.3 Å². The quantitative estimate of drug-likeness (QED) is 0.513. The number of thiocarbonyl (C=S) groups is 1. The average molecular weight is 449 g/mol. The summed E-state index contributed by atoms with van der Waals surface area (Å²) in [5, 5.41) is 2.20. The van der Waals surface area contributed by atoms with Gasteiger partial charge in [0, 0.05) is 0 Å². The predicted octanol–water partition coefficient (Wildman–Crippen LogP) is 1.53. The van der Waals surface area contributed by atoms with Gasteiger partial charge in [-0.15, -0.1) is 0 Å². The number of anilines is 1. The van der Waals surface area contributed by atoms with Gasteiger partial charge in [-0.3, -0.25) is 5.32 Å². The fourth-order valence-corrected chi connectivity index (χ4v) is 3.85. The number of sulfonamides is 1. The molecule has 0 saturated heterocycles. The first kappa shape index (κ1) is 19.3. The van der Waals surface area contributed by atoms with Gasteiger partial charge in [0.15, 0.2) is 0 Å². The maximum atomic E-state index is 12.3. The molecule has 2 amide bonds. The van der Waals surface area contributed by atoms with Crippen molar-refractivity contribution in [3.8, 4) is 11.8 Å². The number of amides is 2. The Balaban J connectivity index is 2.16. The van der Waals surface area contributed by atoms with E-state index in [1.165, 1.54) is 32.4 Å². The zero-order chi connectivity index (χ0) is 18.6. The largest absolute Gasteiger partial charge is 0.481 e. The van der Waals surface area contributed by atoms with E-state index in [1.54, 1.807) is 6.08 Å². The van der Waals surface area contributed by atoms with Gasteiger partial charge in [0.05, 0.1) is 30.0 Å². The van der Waals surface area contributed by atoms with Gasteiger partial charge in [-0.25, -0.2) is 17.9 Å². The normalized spacial score (nSPS) is 16.8. The van der Waals surface area contributed by atoms with E-state index in [0.717, 1.165) is 0 Å². The summed E-state index contributed by atoms with van der Waals surface area (Å²) in [7, 11) is -1.41. The van der Waals surface area contributed by atoms with Crippen LogP contribution < -0.4 is 19.5 Å². The van der Waals surface area contributed by atoms with Gasteiger partial charge in [-0.05, 0) is 6.08 Å². The number of carbonyl (C=O) groups is 1. The van der Waals surface area contributed by atoms with E-state index in [-0.39, 0.29) is 27.5 Å². The van der Waals surface area contributed by atoms with Crippen LogP contribution >= 0.6 is 28.1 Å². The first-order valence-corrected chi connectivity index (χ1v) is 9.45. The number of urea groups is 1. The number of nitrogens with zero attached hydrogens (tertiary/aromatic N) is 2. The lowest BCUT2D eigenvalue weighted by atomic mass is 10.2. The molecule has 0 saturated carbocycles. The molecule has 1 aromatic rings. The van der Waals surface area contributed by atoms with Crippen LogP contribution in [0.25, 0.3) is 0 Å². The summed E-state index contributed by atoms with van der Waals surface area (Å²) in [6.07, 6.45) is 4.51. The number of hydrogen-bond donors (Lipinski definition) is 2. The number of carbonyl (C=O) groups excluding carboxylic acids is 1. The molecule has 0 spiro atoms. The maximum Gasteiger partial charge on any atom is 0.335 e. The van der Waals surface area contributed by atoms with E-state index >= 15 is 0 Å². The van der Waals surface area contributed by atoms with Gasteiger partial charge in [0.1, 0.15) is 4.91 Å². The number of alkyl halides is 1. The Kier molecular flexibility index (Phi) is 6.08. The van der Waals surface area contributed by atoms with Crippen LogP contribution in [0.4, 0.5) is 10.7 Å². The summed E-state index contributed by atoms with van der Waals surface area (Å²) in [4.78, 5) is 19.3. The van der Waals surface area contributed by atoms with Gasteiger partial charge < -0.3 is 9.47 Å². The highest BCUT2D eigenvalue weighted by molar-refractivity contribution is 9.10. The summed E-state index contributed by atoms with van der Waals surface area (Å²) in [5.41, 5.74) is 0. The Bertz CT molecular complexity index is 847.